The molecule has 0 unspecified atom stereocenters. The van der Waals surface area contributed by atoms with Gasteiger partial charge in [0.05, 0.1) is 29.4 Å². The van der Waals surface area contributed by atoms with Gasteiger partial charge in [0.1, 0.15) is 5.82 Å². The Morgan fingerprint density at radius 2 is 2.12 bits per heavy atom. The summed E-state index contributed by atoms with van der Waals surface area (Å²) in [5.41, 5.74) is 1.42. The second-order valence-electron chi connectivity index (χ2n) is 7.07. The smallest absolute Gasteiger partial charge is 0.130 e. The molecule has 5 heteroatoms. The number of benzene rings is 1. The van der Waals surface area contributed by atoms with Gasteiger partial charge < -0.3 is 14.7 Å². The molecule has 0 radical (unpaired) electrons. The van der Waals surface area contributed by atoms with Crippen LogP contribution in [0.4, 0.5) is 5.82 Å². The minimum Gasteiger partial charge on any atom is -0.392 e. The highest BCUT2D eigenvalue weighted by Crippen LogP contribution is 2.51. The Morgan fingerprint density at radius 3 is 2.80 bits per heavy atom. The van der Waals surface area contributed by atoms with Gasteiger partial charge in [-0.05, 0) is 31.9 Å². The lowest BCUT2D eigenvalue weighted by molar-refractivity contribution is -0.199. The van der Waals surface area contributed by atoms with Crippen molar-refractivity contribution in [2.45, 2.75) is 38.4 Å². The van der Waals surface area contributed by atoms with E-state index in [0.29, 0.717) is 12.2 Å². The molecule has 1 saturated carbocycles. The third kappa shape index (κ3) is 2.57. The maximum Gasteiger partial charge on any atom is 0.130 e. The molecule has 2 aromatic rings. The van der Waals surface area contributed by atoms with E-state index in [1.54, 1.807) is 0 Å². The van der Waals surface area contributed by atoms with Gasteiger partial charge in [-0.3, -0.25) is 0 Å². The highest BCUT2D eigenvalue weighted by molar-refractivity contribution is 5.86. The summed E-state index contributed by atoms with van der Waals surface area (Å²) in [7, 11) is 0. The van der Waals surface area contributed by atoms with Crippen molar-refractivity contribution in [3.63, 3.8) is 0 Å². The summed E-state index contributed by atoms with van der Waals surface area (Å²) in [6.07, 6.45) is 2.46. The fraction of sp³-hybridized carbons (Fsp3) is 0.500. The number of aromatic nitrogens is 1. The summed E-state index contributed by atoms with van der Waals surface area (Å²) in [5.74, 6) is 0.854. The minimum atomic E-state index is -0.259. The largest absolute Gasteiger partial charge is 0.392 e. The normalized spacial score (nSPS) is 24.9. The van der Waals surface area contributed by atoms with E-state index in [0.717, 1.165) is 49.1 Å². The molecule has 1 aromatic heterocycles. The van der Waals surface area contributed by atoms with Crippen LogP contribution in [0, 0.1) is 16.7 Å². The van der Waals surface area contributed by atoms with Crippen LogP contribution in [-0.2, 0) is 4.74 Å². The Kier molecular flexibility index (Phi) is 4.10. The second kappa shape index (κ2) is 6.29. The number of anilines is 1. The van der Waals surface area contributed by atoms with Gasteiger partial charge in [-0.15, -0.1) is 0 Å². The molecule has 130 valence electrons. The summed E-state index contributed by atoms with van der Waals surface area (Å²) < 4.78 is 5.84. The number of aliphatic hydroxyl groups is 1. The molecule has 1 aliphatic carbocycles. The molecular formula is C20H23N3O2. The average Bonchev–Trinajstić information content (AvgIpc) is 2.67. The molecule has 0 bridgehead atoms. The quantitative estimate of drug-likeness (QED) is 0.933. The summed E-state index contributed by atoms with van der Waals surface area (Å²) >= 11 is 0. The van der Waals surface area contributed by atoms with E-state index in [-0.39, 0.29) is 17.6 Å². The number of piperidine rings is 1. The van der Waals surface area contributed by atoms with Crippen molar-refractivity contribution < 1.29 is 9.84 Å². The third-order valence-electron chi connectivity index (χ3n) is 5.95. The maximum atomic E-state index is 10.3. The first-order valence-corrected chi connectivity index (χ1v) is 9.02. The minimum absolute atomic E-state index is 0.0958. The van der Waals surface area contributed by atoms with Crippen molar-refractivity contribution in [2.24, 2.45) is 5.41 Å². The average molecular weight is 337 g/mol. The molecule has 2 atom stereocenters. The molecule has 1 N–H and O–H groups in total. The van der Waals surface area contributed by atoms with Crippen molar-refractivity contribution >= 4 is 16.7 Å². The van der Waals surface area contributed by atoms with Gasteiger partial charge in [0, 0.05) is 36.9 Å². The van der Waals surface area contributed by atoms with Crippen LogP contribution in [0.1, 0.15) is 31.7 Å². The second-order valence-corrected chi connectivity index (χ2v) is 7.07. The van der Waals surface area contributed by atoms with Crippen molar-refractivity contribution in [3.05, 3.63) is 35.9 Å². The third-order valence-corrected chi connectivity index (χ3v) is 5.95. The zero-order valence-electron chi connectivity index (χ0n) is 14.5. The van der Waals surface area contributed by atoms with Crippen molar-refractivity contribution in [3.8, 4) is 6.07 Å². The Labute approximate surface area is 147 Å². The summed E-state index contributed by atoms with van der Waals surface area (Å²) in [4.78, 5) is 6.98. The van der Waals surface area contributed by atoms with Gasteiger partial charge in [0.2, 0.25) is 0 Å². The van der Waals surface area contributed by atoms with E-state index in [1.165, 1.54) is 0 Å². The van der Waals surface area contributed by atoms with Gasteiger partial charge >= 0.3 is 0 Å². The molecule has 1 aliphatic heterocycles. The van der Waals surface area contributed by atoms with E-state index in [9.17, 15) is 10.4 Å². The molecule has 1 spiro atoms. The van der Waals surface area contributed by atoms with E-state index in [2.05, 4.69) is 11.0 Å². The maximum absolute atomic E-state index is 10.3. The lowest BCUT2D eigenvalue weighted by Crippen LogP contribution is -2.62. The molecule has 25 heavy (non-hydrogen) atoms. The highest BCUT2D eigenvalue weighted by atomic mass is 16.5. The monoisotopic (exact) mass is 337 g/mol. The number of hydrogen-bond acceptors (Lipinski definition) is 5. The molecule has 5 nitrogen and oxygen atoms in total. The highest BCUT2D eigenvalue weighted by Gasteiger charge is 2.56. The van der Waals surface area contributed by atoms with E-state index in [4.69, 9.17) is 9.72 Å². The Balaban J connectivity index is 1.57. The number of nitriles is 1. The number of fused-ring (bicyclic) bond motifs is 1. The van der Waals surface area contributed by atoms with E-state index < -0.39 is 0 Å². The SMILES string of the molecule is CCO[C@@H]1C[C@@H](O)C12CCN(c1cc(C#N)c3ccccc3n1)CC2. The fourth-order valence-corrected chi connectivity index (χ4v) is 4.38. The molecule has 2 aliphatic rings. The lowest BCUT2D eigenvalue weighted by Gasteiger charge is -2.56. The summed E-state index contributed by atoms with van der Waals surface area (Å²) in [5, 5.41) is 20.7. The number of hydrogen-bond donors (Lipinski definition) is 1. The molecule has 2 fully saturated rings. The van der Waals surface area contributed by atoms with Crippen LogP contribution in [0.15, 0.2) is 30.3 Å². The number of aliphatic hydroxyl groups excluding tert-OH is 1. The Morgan fingerprint density at radius 1 is 1.36 bits per heavy atom. The van der Waals surface area contributed by atoms with Gasteiger partial charge in [-0.2, -0.15) is 5.26 Å². The Hall–Kier alpha value is -2.16. The standard InChI is InChI=1S/C20H23N3O2/c1-2-25-18-12-17(24)20(18)7-9-23(10-8-20)19-11-14(13-21)15-5-3-4-6-16(15)22-19/h3-6,11,17-18,24H,2,7-10,12H2,1H3/t17-,18-/m1/s1. The van der Waals surface area contributed by atoms with Crippen LogP contribution in [-0.4, -0.2) is 42.0 Å². The molecule has 1 saturated heterocycles. The van der Waals surface area contributed by atoms with E-state index >= 15 is 0 Å². The van der Waals surface area contributed by atoms with Gasteiger partial charge in [0.15, 0.2) is 0 Å². The van der Waals surface area contributed by atoms with Crippen LogP contribution in [0.2, 0.25) is 0 Å². The molecule has 4 rings (SSSR count). The number of para-hydroxylation sites is 1. The van der Waals surface area contributed by atoms with E-state index in [1.807, 2.05) is 37.3 Å². The summed E-state index contributed by atoms with van der Waals surface area (Å²) in [6, 6.07) is 11.9. The number of rotatable bonds is 3. The van der Waals surface area contributed by atoms with Gasteiger partial charge in [-0.1, -0.05) is 18.2 Å². The van der Waals surface area contributed by atoms with Crippen LogP contribution in [0.3, 0.4) is 0 Å². The topological polar surface area (TPSA) is 69.4 Å². The fourth-order valence-electron chi connectivity index (χ4n) is 4.38. The van der Waals surface area contributed by atoms with Crippen molar-refractivity contribution in [1.82, 2.24) is 4.98 Å². The van der Waals surface area contributed by atoms with Crippen LogP contribution in [0.5, 0.6) is 0 Å². The van der Waals surface area contributed by atoms with Crippen molar-refractivity contribution in [2.75, 3.05) is 24.6 Å². The lowest BCUT2D eigenvalue weighted by atomic mass is 9.58. The zero-order valence-corrected chi connectivity index (χ0v) is 14.5. The van der Waals surface area contributed by atoms with Crippen molar-refractivity contribution in [1.29, 1.82) is 5.26 Å². The first-order chi connectivity index (χ1) is 12.2. The first-order valence-electron chi connectivity index (χ1n) is 9.02. The predicted octanol–water partition coefficient (Wildman–Crippen LogP) is 2.86. The zero-order chi connectivity index (χ0) is 17.4. The van der Waals surface area contributed by atoms with Gasteiger partial charge in [0.25, 0.3) is 0 Å². The molecule has 1 aromatic carbocycles. The molecule has 2 heterocycles. The van der Waals surface area contributed by atoms with Gasteiger partial charge in [-0.25, -0.2) is 4.98 Å². The number of nitrogens with zero attached hydrogens (tertiary/aromatic N) is 3. The predicted molar refractivity (Wildman–Crippen MR) is 96.4 cm³/mol. The number of pyridine rings is 1. The number of ether oxygens (including phenoxy) is 1. The molecular weight excluding hydrogens is 314 g/mol. The Bertz CT molecular complexity index is 819. The molecule has 0 amide bonds. The van der Waals surface area contributed by atoms with Crippen LogP contribution in [0.25, 0.3) is 10.9 Å². The first kappa shape index (κ1) is 16.3. The van der Waals surface area contributed by atoms with Crippen LogP contribution >= 0.6 is 0 Å². The summed E-state index contributed by atoms with van der Waals surface area (Å²) in [6.45, 7) is 4.37. The van der Waals surface area contributed by atoms with Crippen LogP contribution < -0.4 is 4.90 Å².